The van der Waals surface area contributed by atoms with E-state index in [1.807, 2.05) is 6.92 Å². The van der Waals surface area contributed by atoms with Crippen LogP contribution in [0.5, 0.6) is 0 Å². The van der Waals surface area contributed by atoms with Gasteiger partial charge in [0.1, 0.15) is 0 Å². The van der Waals surface area contributed by atoms with Crippen molar-refractivity contribution in [1.82, 2.24) is 0 Å². The first-order valence-corrected chi connectivity index (χ1v) is 4.98. The minimum absolute atomic E-state index is 0.132. The van der Waals surface area contributed by atoms with E-state index in [-0.39, 0.29) is 10.3 Å². The molecule has 0 heterocycles. The van der Waals surface area contributed by atoms with Crippen molar-refractivity contribution in [3.8, 4) is 0 Å². The van der Waals surface area contributed by atoms with Crippen LogP contribution in [-0.4, -0.2) is 10.3 Å². The largest absolute Gasteiger partial charge is 0.121 e. The smallest absolute Gasteiger partial charge is 0.0582 e. The molecule has 1 aliphatic carbocycles. The molecule has 0 aromatic rings. The Bertz CT molecular complexity index is 150. The summed E-state index contributed by atoms with van der Waals surface area (Å²) in [5.74, 6) is 0. The van der Waals surface area contributed by atoms with Gasteiger partial charge < -0.3 is 0 Å². The third kappa shape index (κ3) is 2.26. The summed E-state index contributed by atoms with van der Waals surface area (Å²) in [5, 5.41) is 0.132. The maximum absolute atomic E-state index is 6.22. The molecule has 0 aromatic heterocycles. The van der Waals surface area contributed by atoms with Crippen molar-refractivity contribution in [1.29, 1.82) is 0 Å². The van der Waals surface area contributed by atoms with Crippen molar-refractivity contribution in [2.24, 2.45) is 5.41 Å². The number of rotatable bonds is 0. The monoisotopic (exact) mass is 194 g/mol. The predicted octanol–water partition coefficient (Wildman–Crippen LogP) is 3.80. The van der Waals surface area contributed by atoms with Crippen molar-refractivity contribution in [3.63, 3.8) is 0 Å². The standard InChI is InChI=1S/C9H16Cl2/c1-8(2)4-5-9(3,11)7(10)6-8/h7H,4-6H2,1-3H3/t7-,9-/m1/s1. The van der Waals surface area contributed by atoms with Crippen LogP contribution >= 0.6 is 23.2 Å². The zero-order valence-corrected chi connectivity index (χ0v) is 8.97. The van der Waals surface area contributed by atoms with E-state index < -0.39 is 0 Å². The maximum atomic E-state index is 6.22. The molecular weight excluding hydrogens is 179 g/mol. The van der Waals surface area contributed by atoms with Crippen LogP contribution in [0.4, 0.5) is 0 Å². The molecule has 2 heteroatoms. The molecule has 0 aliphatic heterocycles. The summed E-state index contributed by atoms with van der Waals surface area (Å²) in [6.07, 6.45) is 3.26. The average Bonchev–Trinajstić information content (AvgIpc) is 1.81. The Labute approximate surface area is 79.3 Å². The SMILES string of the molecule is CC1(C)CC[C@@](C)(Cl)[C@H](Cl)C1. The van der Waals surface area contributed by atoms with Gasteiger partial charge in [-0.15, -0.1) is 23.2 Å². The summed E-state index contributed by atoms with van der Waals surface area (Å²) in [5.41, 5.74) is 0.390. The second-order valence-corrected chi connectivity index (χ2v) is 6.00. The Morgan fingerprint density at radius 2 is 1.73 bits per heavy atom. The van der Waals surface area contributed by atoms with Crippen LogP contribution in [0.15, 0.2) is 0 Å². The molecule has 0 radical (unpaired) electrons. The van der Waals surface area contributed by atoms with Crippen LogP contribution in [0.3, 0.4) is 0 Å². The zero-order valence-electron chi connectivity index (χ0n) is 7.45. The average molecular weight is 195 g/mol. The third-order valence-corrected chi connectivity index (χ3v) is 3.88. The first kappa shape index (κ1) is 9.67. The van der Waals surface area contributed by atoms with Crippen molar-refractivity contribution < 1.29 is 0 Å². The van der Waals surface area contributed by atoms with Gasteiger partial charge in [-0.3, -0.25) is 0 Å². The Balaban J connectivity index is 2.63. The molecule has 0 bridgehead atoms. The van der Waals surface area contributed by atoms with Gasteiger partial charge in [-0.25, -0.2) is 0 Å². The second kappa shape index (κ2) is 2.81. The Kier molecular flexibility index (Phi) is 2.47. The first-order valence-electron chi connectivity index (χ1n) is 4.16. The molecule has 0 N–H and O–H groups in total. The van der Waals surface area contributed by atoms with Crippen LogP contribution in [0.25, 0.3) is 0 Å². The van der Waals surface area contributed by atoms with E-state index in [9.17, 15) is 0 Å². The zero-order chi connectivity index (χ0) is 8.70. The molecule has 0 amide bonds. The topological polar surface area (TPSA) is 0 Å². The van der Waals surface area contributed by atoms with Crippen LogP contribution in [0, 0.1) is 5.41 Å². The van der Waals surface area contributed by atoms with E-state index in [2.05, 4.69) is 13.8 Å². The van der Waals surface area contributed by atoms with Crippen molar-refractivity contribution in [2.45, 2.75) is 50.3 Å². The highest BCUT2D eigenvalue weighted by atomic mass is 35.5. The van der Waals surface area contributed by atoms with E-state index in [0.29, 0.717) is 5.41 Å². The van der Waals surface area contributed by atoms with Crippen LogP contribution in [0.1, 0.15) is 40.0 Å². The van der Waals surface area contributed by atoms with Gasteiger partial charge in [0, 0.05) is 0 Å². The molecule has 2 atom stereocenters. The molecule has 1 aliphatic rings. The van der Waals surface area contributed by atoms with Crippen molar-refractivity contribution in [3.05, 3.63) is 0 Å². The van der Waals surface area contributed by atoms with Crippen molar-refractivity contribution >= 4 is 23.2 Å². The number of halogens is 2. The lowest BCUT2D eigenvalue weighted by Gasteiger charge is -2.41. The van der Waals surface area contributed by atoms with Crippen molar-refractivity contribution in [2.75, 3.05) is 0 Å². The van der Waals surface area contributed by atoms with Crippen LogP contribution < -0.4 is 0 Å². The minimum Gasteiger partial charge on any atom is -0.121 e. The summed E-state index contributed by atoms with van der Waals surface area (Å²) in [6, 6.07) is 0. The van der Waals surface area contributed by atoms with Gasteiger partial charge in [-0.1, -0.05) is 13.8 Å². The first-order chi connectivity index (χ1) is 4.83. The highest BCUT2D eigenvalue weighted by Crippen LogP contribution is 2.45. The number of hydrogen-bond donors (Lipinski definition) is 0. The molecule has 11 heavy (non-hydrogen) atoms. The minimum atomic E-state index is -0.170. The lowest BCUT2D eigenvalue weighted by atomic mass is 9.73. The summed E-state index contributed by atoms with van der Waals surface area (Å²) < 4.78 is 0. The summed E-state index contributed by atoms with van der Waals surface area (Å²) in [7, 11) is 0. The number of alkyl halides is 2. The second-order valence-electron chi connectivity index (χ2n) is 4.61. The van der Waals surface area contributed by atoms with E-state index in [4.69, 9.17) is 23.2 Å². The Morgan fingerprint density at radius 1 is 1.18 bits per heavy atom. The summed E-state index contributed by atoms with van der Waals surface area (Å²) in [4.78, 5) is -0.170. The Morgan fingerprint density at radius 3 is 2.09 bits per heavy atom. The lowest BCUT2D eigenvalue weighted by Crippen LogP contribution is -2.39. The summed E-state index contributed by atoms with van der Waals surface area (Å²) >= 11 is 12.4. The quantitative estimate of drug-likeness (QED) is 0.515. The summed E-state index contributed by atoms with van der Waals surface area (Å²) in [6.45, 7) is 6.56. The molecule has 0 spiro atoms. The lowest BCUT2D eigenvalue weighted by molar-refractivity contribution is 0.218. The van der Waals surface area contributed by atoms with Gasteiger partial charge in [0.05, 0.1) is 10.3 Å². The Hall–Kier alpha value is 0.580. The highest BCUT2D eigenvalue weighted by Gasteiger charge is 2.40. The van der Waals surface area contributed by atoms with E-state index in [1.54, 1.807) is 0 Å². The van der Waals surface area contributed by atoms with Gasteiger partial charge in [-0.05, 0) is 31.6 Å². The molecule has 1 fully saturated rings. The predicted molar refractivity (Wildman–Crippen MR) is 51.5 cm³/mol. The molecule has 1 rings (SSSR count). The third-order valence-electron chi connectivity index (χ3n) is 2.68. The van der Waals surface area contributed by atoms with Gasteiger partial charge in [-0.2, -0.15) is 0 Å². The number of hydrogen-bond acceptors (Lipinski definition) is 0. The van der Waals surface area contributed by atoms with Gasteiger partial charge >= 0.3 is 0 Å². The van der Waals surface area contributed by atoms with Gasteiger partial charge in [0.25, 0.3) is 0 Å². The molecular formula is C9H16Cl2. The van der Waals surface area contributed by atoms with Gasteiger partial charge in [0.2, 0.25) is 0 Å². The molecule has 0 saturated heterocycles. The van der Waals surface area contributed by atoms with Crippen LogP contribution in [0.2, 0.25) is 0 Å². The fraction of sp³-hybridized carbons (Fsp3) is 1.00. The molecule has 0 unspecified atom stereocenters. The molecule has 0 nitrogen and oxygen atoms in total. The highest BCUT2D eigenvalue weighted by molar-refractivity contribution is 6.32. The van der Waals surface area contributed by atoms with Gasteiger partial charge in [0.15, 0.2) is 0 Å². The fourth-order valence-corrected chi connectivity index (χ4v) is 2.24. The maximum Gasteiger partial charge on any atom is 0.0582 e. The van der Waals surface area contributed by atoms with Crippen LogP contribution in [-0.2, 0) is 0 Å². The fourth-order valence-electron chi connectivity index (χ4n) is 1.54. The van der Waals surface area contributed by atoms with E-state index >= 15 is 0 Å². The molecule has 0 aromatic carbocycles. The molecule has 1 saturated carbocycles. The molecule has 66 valence electrons. The van der Waals surface area contributed by atoms with E-state index in [1.165, 1.54) is 6.42 Å². The normalized spacial score (nSPS) is 43.9. The van der Waals surface area contributed by atoms with E-state index in [0.717, 1.165) is 12.8 Å².